The van der Waals surface area contributed by atoms with Crippen molar-refractivity contribution in [2.75, 3.05) is 11.1 Å². The van der Waals surface area contributed by atoms with E-state index in [0.717, 1.165) is 11.8 Å². The van der Waals surface area contributed by atoms with Crippen molar-refractivity contribution in [1.29, 1.82) is 0 Å². The number of non-ortho nitro benzene ring substituents is 1. The van der Waals surface area contributed by atoms with E-state index < -0.39 is 11.0 Å². The number of nitro benzene ring substituents is 1. The van der Waals surface area contributed by atoms with Crippen molar-refractivity contribution >= 4 is 58.2 Å². The molecule has 1 aromatic heterocycles. The minimum Gasteiger partial charge on any atom is -0.342 e. The Morgan fingerprint density at radius 1 is 1.21 bits per heavy atom. The molecular weight excluding hydrogens is 551 g/mol. The molecule has 1 atom stereocenters. The molecule has 0 saturated carbocycles. The second-order valence-electron chi connectivity index (χ2n) is 8.65. The fourth-order valence-electron chi connectivity index (χ4n) is 3.53. The van der Waals surface area contributed by atoms with E-state index in [9.17, 15) is 19.7 Å². The van der Waals surface area contributed by atoms with Gasteiger partial charge in [0.25, 0.3) is 11.6 Å². The Labute approximate surface area is 234 Å². The van der Waals surface area contributed by atoms with Gasteiger partial charge in [0.1, 0.15) is 0 Å². The number of halogens is 2. The zero-order valence-electron chi connectivity index (χ0n) is 20.9. The van der Waals surface area contributed by atoms with Gasteiger partial charge in [0.15, 0.2) is 11.0 Å². The third-order valence-corrected chi connectivity index (χ3v) is 7.02. The highest BCUT2D eigenvalue weighted by Gasteiger charge is 2.27. The Balaban J connectivity index is 1.78. The molecule has 0 saturated heterocycles. The number of thioether (sulfide) groups is 1. The highest BCUT2D eigenvalue weighted by molar-refractivity contribution is 7.99. The number of nitrogens with one attached hydrogen (secondary N) is 2. The van der Waals surface area contributed by atoms with Crippen LogP contribution in [0.15, 0.2) is 54.2 Å². The van der Waals surface area contributed by atoms with E-state index in [1.54, 1.807) is 35.8 Å². The van der Waals surface area contributed by atoms with Crippen LogP contribution in [0.25, 0.3) is 0 Å². The van der Waals surface area contributed by atoms with Gasteiger partial charge in [-0.1, -0.05) is 61.0 Å². The molecule has 0 unspecified atom stereocenters. The number of allylic oxidation sites excluding steroid dienone is 1. The standard InChI is InChI=1S/C25H26Cl2N6O4S/c1-5-10-32-23(22(14(2)3)29-24(35)18-9-7-16(26)11-19(18)27)30-31-25(32)38-13-21(34)28-20-12-17(33(36)37)8-6-15(20)4/h5-9,11-12,14,22H,1,10,13H2,2-4H3,(H,28,34)(H,29,35)/t22-/m0/s1. The molecule has 200 valence electrons. The number of nitro groups is 1. The van der Waals surface area contributed by atoms with Gasteiger partial charge in [0.2, 0.25) is 5.91 Å². The molecule has 2 amide bonds. The van der Waals surface area contributed by atoms with Crippen LogP contribution in [0, 0.1) is 23.0 Å². The fourth-order valence-corrected chi connectivity index (χ4v) is 4.78. The van der Waals surface area contributed by atoms with E-state index >= 15 is 0 Å². The molecule has 0 bridgehead atoms. The van der Waals surface area contributed by atoms with Gasteiger partial charge in [-0.25, -0.2) is 0 Å². The molecule has 3 rings (SSSR count). The highest BCUT2D eigenvalue weighted by atomic mass is 35.5. The highest BCUT2D eigenvalue weighted by Crippen LogP contribution is 2.28. The van der Waals surface area contributed by atoms with Gasteiger partial charge >= 0.3 is 0 Å². The van der Waals surface area contributed by atoms with Crippen molar-refractivity contribution < 1.29 is 14.5 Å². The smallest absolute Gasteiger partial charge is 0.271 e. The second kappa shape index (κ2) is 12.9. The van der Waals surface area contributed by atoms with Gasteiger partial charge in [-0.05, 0) is 36.6 Å². The summed E-state index contributed by atoms with van der Waals surface area (Å²) in [6.07, 6.45) is 1.67. The summed E-state index contributed by atoms with van der Waals surface area (Å²) in [4.78, 5) is 36.2. The Kier molecular flexibility index (Phi) is 9.90. The van der Waals surface area contributed by atoms with Gasteiger partial charge in [-0.3, -0.25) is 19.7 Å². The molecule has 0 spiro atoms. The van der Waals surface area contributed by atoms with Gasteiger partial charge in [-0.2, -0.15) is 0 Å². The number of carbonyl (C=O) groups is 2. The molecule has 0 aliphatic heterocycles. The maximum atomic E-state index is 13.0. The third-order valence-electron chi connectivity index (χ3n) is 5.50. The number of amides is 2. The Hall–Kier alpha value is -3.41. The summed E-state index contributed by atoms with van der Waals surface area (Å²) in [5.41, 5.74) is 1.22. The van der Waals surface area contributed by atoms with E-state index in [-0.39, 0.29) is 39.8 Å². The van der Waals surface area contributed by atoms with Gasteiger partial charge in [0, 0.05) is 23.7 Å². The lowest BCUT2D eigenvalue weighted by molar-refractivity contribution is -0.384. The van der Waals surface area contributed by atoms with Crippen molar-refractivity contribution in [3.63, 3.8) is 0 Å². The van der Waals surface area contributed by atoms with Crippen LogP contribution in [-0.2, 0) is 11.3 Å². The number of aryl methyl sites for hydroxylation is 1. The molecular formula is C25H26Cl2N6O4S. The topological polar surface area (TPSA) is 132 Å². The minimum atomic E-state index is -0.520. The van der Waals surface area contributed by atoms with Crippen LogP contribution in [0.4, 0.5) is 11.4 Å². The number of anilines is 1. The summed E-state index contributed by atoms with van der Waals surface area (Å²) in [6.45, 7) is 9.75. The first kappa shape index (κ1) is 29.2. The lowest BCUT2D eigenvalue weighted by atomic mass is 10.0. The lowest BCUT2D eigenvalue weighted by Gasteiger charge is -2.23. The number of carbonyl (C=O) groups excluding carboxylic acids is 2. The van der Waals surface area contributed by atoms with Crippen LogP contribution in [-0.4, -0.2) is 37.3 Å². The van der Waals surface area contributed by atoms with Gasteiger partial charge in [0.05, 0.1) is 33.0 Å². The molecule has 38 heavy (non-hydrogen) atoms. The quantitative estimate of drug-likeness (QED) is 0.127. The number of aromatic nitrogens is 3. The van der Waals surface area contributed by atoms with Gasteiger partial charge < -0.3 is 15.2 Å². The first-order valence-electron chi connectivity index (χ1n) is 11.5. The Morgan fingerprint density at radius 3 is 2.58 bits per heavy atom. The number of hydrogen-bond donors (Lipinski definition) is 2. The maximum Gasteiger partial charge on any atom is 0.271 e. The van der Waals surface area contributed by atoms with Crippen molar-refractivity contribution in [2.45, 2.75) is 38.5 Å². The van der Waals surface area contributed by atoms with Crippen LogP contribution < -0.4 is 10.6 Å². The third kappa shape index (κ3) is 7.12. The average molecular weight is 577 g/mol. The van der Waals surface area contributed by atoms with E-state index in [0.29, 0.717) is 33.8 Å². The molecule has 0 aliphatic rings. The number of nitrogens with zero attached hydrogens (tertiary/aromatic N) is 4. The molecule has 13 heteroatoms. The summed E-state index contributed by atoms with van der Waals surface area (Å²) >= 11 is 13.3. The summed E-state index contributed by atoms with van der Waals surface area (Å²) in [7, 11) is 0. The zero-order valence-corrected chi connectivity index (χ0v) is 23.2. The summed E-state index contributed by atoms with van der Waals surface area (Å²) in [6, 6.07) is 8.39. The number of hydrogen-bond acceptors (Lipinski definition) is 7. The summed E-state index contributed by atoms with van der Waals surface area (Å²) < 4.78 is 1.78. The molecule has 3 aromatic rings. The maximum absolute atomic E-state index is 13.0. The molecule has 0 fully saturated rings. The predicted octanol–water partition coefficient (Wildman–Crippen LogP) is 5.85. The van der Waals surface area contributed by atoms with Crippen molar-refractivity contribution in [2.24, 2.45) is 5.92 Å². The predicted molar refractivity (Wildman–Crippen MR) is 149 cm³/mol. The van der Waals surface area contributed by atoms with E-state index in [1.165, 1.54) is 18.2 Å². The first-order valence-corrected chi connectivity index (χ1v) is 13.2. The van der Waals surface area contributed by atoms with Crippen molar-refractivity contribution in [3.8, 4) is 0 Å². The van der Waals surface area contributed by atoms with Crippen LogP contribution in [0.5, 0.6) is 0 Å². The largest absolute Gasteiger partial charge is 0.342 e. The summed E-state index contributed by atoms with van der Waals surface area (Å²) in [5.74, 6) is -0.332. The van der Waals surface area contributed by atoms with Gasteiger partial charge in [-0.15, -0.1) is 16.8 Å². The first-order chi connectivity index (χ1) is 18.0. The van der Waals surface area contributed by atoms with Crippen LogP contribution in [0.1, 0.15) is 41.6 Å². The zero-order chi connectivity index (χ0) is 28.0. The Morgan fingerprint density at radius 2 is 1.95 bits per heavy atom. The van der Waals surface area contributed by atoms with Crippen LogP contribution in [0.2, 0.25) is 10.0 Å². The molecule has 2 N–H and O–H groups in total. The monoisotopic (exact) mass is 576 g/mol. The number of benzene rings is 2. The molecule has 10 nitrogen and oxygen atoms in total. The normalized spacial score (nSPS) is 11.7. The second-order valence-corrected chi connectivity index (χ2v) is 10.4. The van der Waals surface area contributed by atoms with E-state index in [4.69, 9.17) is 23.2 Å². The average Bonchev–Trinajstić information content (AvgIpc) is 3.24. The van der Waals surface area contributed by atoms with Crippen LogP contribution in [0.3, 0.4) is 0 Å². The van der Waals surface area contributed by atoms with E-state index in [2.05, 4.69) is 27.4 Å². The number of rotatable bonds is 11. The minimum absolute atomic E-state index is 0.0174. The van der Waals surface area contributed by atoms with E-state index in [1.807, 2.05) is 13.8 Å². The molecule has 0 radical (unpaired) electrons. The fraction of sp³-hybridized carbons (Fsp3) is 0.280. The lowest BCUT2D eigenvalue weighted by Crippen LogP contribution is -2.34. The molecule has 1 heterocycles. The SMILES string of the molecule is C=CCn1c(SCC(=O)Nc2cc([N+](=O)[O-])ccc2C)nnc1[C@@H](NC(=O)c1ccc(Cl)cc1Cl)C(C)C. The summed E-state index contributed by atoms with van der Waals surface area (Å²) in [5, 5.41) is 26.4. The Bertz CT molecular complexity index is 1380. The van der Waals surface area contributed by atoms with Crippen molar-refractivity contribution in [3.05, 3.63) is 86.2 Å². The molecule has 0 aliphatic carbocycles. The van der Waals surface area contributed by atoms with Crippen molar-refractivity contribution in [1.82, 2.24) is 20.1 Å². The van der Waals surface area contributed by atoms with Crippen LogP contribution >= 0.6 is 35.0 Å². The molecule has 2 aromatic carbocycles.